The van der Waals surface area contributed by atoms with Crippen molar-refractivity contribution in [3.05, 3.63) is 72.3 Å². The lowest BCUT2D eigenvalue weighted by atomic mass is 10.0. The summed E-state index contributed by atoms with van der Waals surface area (Å²) in [4.78, 5) is 26.8. The Morgan fingerprint density at radius 3 is 2.59 bits per heavy atom. The van der Waals surface area contributed by atoms with Crippen LogP contribution >= 0.6 is 0 Å². The molecule has 2 amide bonds. The number of hydrogen-bond donors (Lipinski definition) is 1. The van der Waals surface area contributed by atoms with Crippen molar-refractivity contribution < 1.29 is 14.3 Å². The standard InChI is InChI=1S/C22H20N2O3/c1-23-22(26)20-14-24(18-8-4-5-9-19(18)27-20)21(25)13-15-10-11-16-6-2-3-7-17(16)12-15/h2-12,20H,13-14H2,1H3,(H,23,26)/t20-/m1/s1. The van der Waals surface area contributed by atoms with Crippen molar-refractivity contribution in [2.75, 3.05) is 18.5 Å². The number of rotatable bonds is 3. The van der Waals surface area contributed by atoms with Gasteiger partial charge in [-0.3, -0.25) is 9.59 Å². The molecule has 0 aromatic heterocycles. The van der Waals surface area contributed by atoms with E-state index in [1.807, 2.05) is 60.7 Å². The average Bonchev–Trinajstić information content (AvgIpc) is 2.72. The first kappa shape index (κ1) is 17.1. The third-order valence-corrected chi connectivity index (χ3v) is 4.78. The molecule has 0 aliphatic carbocycles. The van der Waals surface area contributed by atoms with Gasteiger partial charge < -0.3 is 15.0 Å². The van der Waals surface area contributed by atoms with E-state index in [2.05, 4.69) is 5.32 Å². The number of fused-ring (bicyclic) bond motifs is 2. The first-order valence-electron chi connectivity index (χ1n) is 8.91. The highest BCUT2D eigenvalue weighted by Crippen LogP contribution is 2.33. The second-order valence-electron chi connectivity index (χ2n) is 6.55. The summed E-state index contributed by atoms with van der Waals surface area (Å²) in [6.45, 7) is 0.198. The fourth-order valence-electron chi connectivity index (χ4n) is 3.39. The van der Waals surface area contributed by atoms with Crippen molar-refractivity contribution in [3.8, 4) is 5.75 Å². The molecule has 0 radical (unpaired) electrons. The van der Waals surface area contributed by atoms with Gasteiger partial charge in [-0.15, -0.1) is 0 Å². The van der Waals surface area contributed by atoms with Crippen molar-refractivity contribution in [1.29, 1.82) is 0 Å². The first-order chi connectivity index (χ1) is 13.2. The van der Waals surface area contributed by atoms with Crippen molar-refractivity contribution in [2.24, 2.45) is 0 Å². The van der Waals surface area contributed by atoms with Gasteiger partial charge in [0.15, 0.2) is 6.10 Å². The molecule has 4 rings (SSSR count). The fourth-order valence-corrected chi connectivity index (χ4v) is 3.39. The van der Waals surface area contributed by atoms with Crippen LogP contribution in [0.2, 0.25) is 0 Å². The Labute approximate surface area is 157 Å². The highest BCUT2D eigenvalue weighted by atomic mass is 16.5. The van der Waals surface area contributed by atoms with E-state index in [0.29, 0.717) is 11.4 Å². The number of amides is 2. The largest absolute Gasteiger partial charge is 0.477 e. The number of carbonyl (C=O) groups is 2. The summed E-state index contributed by atoms with van der Waals surface area (Å²) in [5.41, 5.74) is 1.64. The Bertz CT molecular complexity index is 1020. The highest BCUT2D eigenvalue weighted by Gasteiger charge is 2.33. The second kappa shape index (κ2) is 7.11. The van der Waals surface area contributed by atoms with Gasteiger partial charge in [0.1, 0.15) is 5.75 Å². The topological polar surface area (TPSA) is 58.6 Å². The van der Waals surface area contributed by atoms with Crippen LogP contribution in [0.4, 0.5) is 5.69 Å². The van der Waals surface area contributed by atoms with Crippen molar-refractivity contribution in [1.82, 2.24) is 5.32 Å². The molecule has 0 saturated heterocycles. The number of likely N-dealkylation sites (N-methyl/N-ethyl adjacent to an activating group) is 1. The van der Waals surface area contributed by atoms with Gasteiger partial charge in [-0.1, -0.05) is 54.6 Å². The minimum absolute atomic E-state index is 0.0602. The Hall–Kier alpha value is -3.34. The lowest BCUT2D eigenvalue weighted by Gasteiger charge is -2.34. The molecule has 1 aliphatic rings. The molecule has 1 aliphatic heterocycles. The number of carbonyl (C=O) groups excluding carboxylic acids is 2. The number of nitrogens with zero attached hydrogens (tertiary/aromatic N) is 1. The van der Waals surface area contributed by atoms with E-state index in [0.717, 1.165) is 16.3 Å². The van der Waals surface area contributed by atoms with Crippen LogP contribution in [0.15, 0.2) is 66.7 Å². The summed E-state index contributed by atoms with van der Waals surface area (Å²) in [5, 5.41) is 4.84. The van der Waals surface area contributed by atoms with Gasteiger partial charge in [-0.2, -0.15) is 0 Å². The zero-order chi connectivity index (χ0) is 18.8. The Kier molecular flexibility index (Phi) is 4.50. The Morgan fingerprint density at radius 1 is 1.04 bits per heavy atom. The van der Waals surface area contributed by atoms with Gasteiger partial charge in [0.25, 0.3) is 5.91 Å². The number of para-hydroxylation sites is 2. The van der Waals surface area contributed by atoms with E-state index >= 15 is 0 Å². The monoisotopic (exact) mass is 360 g/mol. The lowest BCUT2D eigenvalue weighted by Crippen LogP contribution is -2.50. The van der Waals surface area contributed by atoms with Crippen LogP contribution in [-0.4, -0.2) is 31.5 Å². The molecular formula is C22H20N2O3. The minimum Gasteiger partial charge on any atom is -0.477 e. The Morgan fingerprint density at radius 2 is 1.78 bits per heavy atom. The van der Waals surface area contributed by atoms with Crippen LogP contribution in [0.25, 0.3) is 10.8 Å². The van der Waals surface area contributed by atoms with Gasteiger partial charge in [0.05, 0.1) is 18.7 Å². The first-order valence-corrected chi connectivity index (χ1v) is 8.91. The quantitative estimate of drug-likeness (QED) is 0.781. The molecular weight excluding hydrogens is 340 g/mol. The molecule has 0 bridgehead atoms. The molecule has 5 nitrogen and oxygen atoms in total. The van der Waals surface area contributed by atoms with Gasteiger partial charge in [-0.25, -0.2) is 0 Å². The van der Waals surface area contributed by atoms with Crippen LogP contribution in [0.1, 0.15) is 5.56 Å². The molecule has 1 N–H and O–H groups in total. The summed E-state index contributed by atoms with van der Waals surface area (Å²) < 4.78 is 5.77. The van der Waals surface area contributed by atoms with Gasteiger partial charge >= 0.3 is 0 Å². The molecule has 0 fully saturated rings. The van der Waals surface area contributed by atoms with Gasteiger partial charge in [-0.05, 0) is 28.5 Å². The summed E-state index contributed by atoms with van der Waals surface area (Å²) in [5.74, 6) is 0.243. The molecule has 136 valence electrons. The predicted molar refractivity (Wildman–Crippen MR) is 105 cm³/mol. The third kappa shape index (κ3) is 3.36. The molecule has 5 heteroatoms. The molecule has 0 saturated carbocycles. The summed E-state index contributed by atoms with van der Waals surface area (Å²) in [6.07, 6.45) is -0.454. The number of anilines is 1. The summed E-state index contributed by atoms with van der Waals surface area (Å²) >= 11 is 0. The van der Waals surface area contributed by atoms with Gasteiger partial charge in [0.2, 0.25) is 5.91 Å². The second-order valence-corrected chi connectivity index (χ2v) is 6.55. The zero-order valence-corrected chi connectivity index (χ0v) is 15.0. The summed E-state index contributed by atoms with van der Waals surface area (Å²) in [6, 6.07) is 21.4. The normalized spacial score (nSPS) is 15.7. The predicted octanol–water partition coefficient (Wildman–Crippen LogP) is 2.92. The van der Waals surface area contributed by atoms with E-state index in [-0.39, 0.29) is 24.8 Å². The van der Waals surface area contributed by atoms with E-state index in [4.69, 9.17) is 4.74 Å². The molecule has 3 aromatic rings. The van der Waals surface area contributed by atoms with Crippen LogP contribution in [0.3, 0.4) is 0 Å². The maximum atomic E-state index is 13.1. The number of ether oxygens (including phenoxy) is 1. The number of hydrogen-bond acceptors (Lipinski definition) is 3. The van der Waals surface area contributed by atoms with Crippen LogP contribution in [0.5, 0.6) is 5.75 Å². The average molecular weight is 360 g/mol. The highest BCUT2D eigenvalue weighted by molar-refractivity contribution is 5.98. The van der Waals surface area contributed by atoms with E-state index in [9.17, 15) is 9.59 Å². The van der Waals surface area contributed by atoms with Gasteiger partial charge in [0, 0.05) is 7.05 Å². The van der Waals surface area contributed by atoms with Crippen molar-refractivity contribution in [3.63, 3.8) is 0 Å². The third-order valence-electron chi connectivity index (χ3n) is 4.78. The van der Waals surface area contributed by atoms with Crippen LogP contribution in [-0.2, 0) is 16.0 Å². The van der Waals surface area contributed by atoms with Crippen LogP contribution in [0, 0.1) is 0 Å². The van der Waals surface area contributed by atoms with Crippen LogP contribution < -0.4 is 15.0 Å². The molecule has 0 spiro atoms. The fraction of sp³-hybridized carbons (Fsp3) is 0.182. The molecule has 3 aromatic carbocycles. The van der Waals surface area contributed by atoms with E-state index in [1.165, 1.54) is 0 Å². The van der Waals surface area contributed by atoms with E-state index < -0.39 is 6.10 Å². The minimum atomic E-state index is -0.717. The SMILES string of the molecule is CNC(=O)[C@H]1CN(C(=O)Cc2ccc3ccccc3c2)c2ccccc2O1. The number of nitrogens with one attached hydrogen (secondary N) is 1. The van der Waals surface area contributed by atoms with Crippen molar-refractivity contribution >= 4 is 28.3 Å². The molecule has 1 atom stereocenters. The maximum absolute atomic E-state index is 13.1. The van der Waals surface area contributed by atoms with E-state index in [1.54, 1.807) is 18.0 Å². The molecule has 27 heavy (non-hydrogen) atoms. The summed E-state index contributed by atoms with van der Waals surface area (Å²) in [7, 11) is 1.56. The number of benzene rings is 3. The lowest BCUT2D eigenvalue weighted by molar-refractivity contribution is -0.127. The molecule has 0 unspecified atom stereocenters. The molecule has 1 heterocycles. The van der Waals surface area contributed by atoms with Crippen molar-refractivity contribution in [2.45, 2.75) is 12.5 Å². The zero-order valence-electron chi connectivity index (χ0n) is 15.0. The Balaban J connectivity index is 1.62. The maximum Gasteiger partial charge on any atom is 0.262 e. The smallest absolute Gasteiger partial charge is 0.262 e.